The van der Waals surface area contributed by atoms with Crippen molar-refractivity contribution in [2.24, 2.45) is 0 Å². The Bertz CT molecular complexity index is 477. The molecule has 0 fully saturated rings. The zero-order valence-electron chi connectivity index (χ0n) is 9.77. The number of hydrogen-bond donors (Lipinski definition) is 0. The lowest BCUT2D eigenvalue weighted by molar-refractivity contribution is 0.0798. The second kappa shape index (κ2) is 4.88. The average molecular weight is 230 g/mol. The van der Waals surface area contributed by atoms with Gasteiger partial charge < -0.3 is 9.64 Å². The van der Waals surface area contributed by atoms with Crippen molar-refractivity contribution in [1.82, 2.24) is 4.90 Å². The number of fused-ring (bicyclic) bond motifs is 1. The number of amides is 1. The maximum absolute atomic E-state index is 12.0. The van der Waals surface area contributed by atoms with Crippen molar-refractivity contribution in [1.29, 1.82) is 5.26 Å². The minimum absolute atomic E-state index is 0.0463. The van der Waals surface area contributed by atoms with Crippen LogP contribution >= 0.6 is 0 Å². The van der Waals surface area contributed by atoms with Gasteiger partial charge in [-0.1, -0.05) is 0 Å². The quantitative estimate of drug-likeness (QED) is 0.792. The number of carbonyl (C=O) groups is 1. The van der Waals surface area contributed by atoms with E-state index < -0.39 is 0 Å². The molecule has 1 aliphatic rings. The van der Waals surface area contributed by atoms with Gasteiger partial charge in [0.2, 0.25) is 0 Å². The molecule has 1 aromatic rings. The number of ether oxygens (including phenoxy) is 1. The zero-order valence-corrected chi connectivity index (χ0v) is 9.77. The predicted molar refractivity (Wildman–Crippen MR) is 62.8 cm³/mol. The molecule has 0 saturated carbocycles. The first kappa shape index (κ1) is 11.5. The van der Waals surface area contributed by atoms with Crippen LogP contribution in [-0.4, -0.2) is 31.0 Å². The van der Waals surface area contributed by atoms with Gasteiger partial charge in [-0.25, -0.2) is 0 Å². The molecule has 17 heavy (non-hydrogen) atoms. The first-order valence-electron chi connectivity index (χ1n) is 5.60. The van der Waals surface area contributed by atoms with Crippen LogP contribution < -0.4 is 4.74 Å². The van der Waals surface area contributed by atoms with Gasteiger partial charge in [-0.15, -0.1) is 0 Å². The summed E-state index contributed by atoms with van der Waals surface area (Å²) in [7, 11) is 1.71. The van der Waals surface area contributed by atoms with Crippen LogP contribution in [0.3, 0.4) is 0 Å². The summed E-state index contributed by atoms with van der Waals surface area (Å²) < 4.78 is 5.39. The summed E-state index contributed by atoms with van der Waals surface area (Å²) in [6.07, 6.45) is 1.22. The largest absolute Gasteiger partial charge is 0.493 e. The molecule has 2 rings (SSSR count). The fourth-order valence-electron chi connectivity index (χ4n) is 1.86. The van der Waals surface area contributed by atoms with Crippen LogP contribution in [0.1, 0.15) is 22.3 Å². The maximum atomic E-state index is 12.0. The molecule has 0 saturated heterocycles. The van der Waals surface area contributed by atoms with E-state index in [0.717, 1.165) is 17.7 Å². The molecule has 4 nitrogen and oxygen atoms in total. The van der Waals surface area contributed by atoms with Crippen LogP contribution in [0.15, 0.2) is 18.2 Å². The topological polar surface area (TPSA) is 53.3 Å². The van der Waals surface area contributed by atoms with Crippen molar-refractivity contribution in [3.8, 4) is 11.8 Å². The smallest absolute Gasteiger partial charge is 0.253 e. The third-order valence-electron chi connectivity index (χ3n) is 2.84. The van der Waals surface area contributed by atoms with Crippen molar-refractivity contribution in [3.63, 3.8) is 0 Å². The molecule has 0 spiro atoms. The van der Waals surface area contributed by atoms with Crippen LogP contribution in [0, 0.1) is 11.3 Å². The summed E-state index contributed by atoms with van der Waals surface area (Å²) in [6, 6.07) is 7.53. The first-order chi connectivity index (χ1) is 8.22. The van der Waals surface area contributed by atoms with Gasteiger partial charge in [-0.05, 0) is 23.8 Å². The van der Waals surface area contributed by atoms with E-state index >= 15 is 0 Å². The normalized spacial score (nSPS) is 12.5. The third-order valence-corrected chi connectivity index (χ3v) is 2.84. The van der Waals surface area contributed by atoms with Crippen molar-refractivity contribution >= 4 is 5.91 Å². The Morgan fingerprint density at radius 1 is 1.59 bits per heavy atom. The van der Waals surface area contributed by atoms with Crippen molar-refractivity contribution in [3.05, 3.63) is 29.3 Å². The molecule has 1 aromatic carbocycles. The number of nitrogens with zero attached hydrogens (tertiary/aromatic N) is 2. The molecule has 0 atom stereocenters. The lowest BCUT2D eigenvalue weighted by Gasteiger charge is -2.15. The Labute approximate surface area is 100 Å². The summed E-state index contributed by atoms with van der Waals surface area (Å²) in [5.41, 5.74) is 1.75. The number of carbonyl (C=O) groups excluding carboxylic acids is 1. The van der Waals surface area contributed by atoms with Crippen LogP contribution in [0.25, 0.3) is 0 Å². The summed E-state index contributed by atoms with van der Waals surface area (Å²) in [4.78, 5) is 13.6. The van der Waals surface area contributed by atoms with Gasteiger partial charge in [0.25, 0.3) is 5.91 Å². The second-order valence-corrected chi connectivity index (χ2v) is 4.06. The number of benzene rings is 1. The van der Waals surface area contributed by atoms with E-state index in [0.29, 0.717) is 25.1 Å². The number of hydrogen-bond acceptors (Lipinski definition) is 3. The van der Waals surface area contributed by atoms with E-state index in [1.54, 1.807) is 18.0 Å². The van der Waals surface area contributed by atoms with E-state index in [4.69, 9.17) is 10.00 Å². The molecule has 1 amide bonds. The first-order valence-corrected chi connectivity index (χ1v) is 5.60. The Morgan fingerprint density at radius 2 is 2.41 bits per heavy atom. The van der Waals surface area contributed by atoms with Gasteiger partial charge in [0.1, 0.15) is 5.75 Å². The fourth-order valence-corrected chi connectivity index (χ4v) is 1.86. The Hall–Kier alpha value is -2.02. The van der Waals surface area contributed by atoms with Gasteiger partial charge in [-0.3, -0.25) is 4.79 Å². The molecule has 4 heteroatoms. The number of nitriles is 1. The van der Waals surface area contributed by atoms with E-state index in [1.807, 2.05) is 18.2 Å². The van der Waals surface area contributed by atoms with Crippen molar-refractivity contribution < 1.29 is 9.53 Å². The van der Waals surface area contributed by atoms with Gasteiger partial charge in [0.15, 0.2) is 0 Å². The molecule has 0 unspecified atom stereocenters. The van der Waals surface area contributed by atoms with Crippen LogP contribution in [0.5, 0.6) is 5.75 Å². The summed E-state index contributed by atoms with van der Waals surface area (Å²) in [5.74, 6) is 0.830. The highest BCUT2D eigenvalue weighted by Crippen LogP contribution is 2.26. The van der Waals surface area contributed by atoms with Gasteiger partial charge in [-0.2, -0.15) is 5.26 Å². The molecular formula is C13H14N2O2. The SMILES string of the molecule is CN(CCC#N)C(=O)c1ccc2c(c1)CCO2. The van der Waals surface area contributed by atoms with Crippen LogP contribution in [0.4, 0.5) is 0 Å². The number of rotatable bonds is 3. The Kier molecular flexibility index (Phi) is 3.29. The van der Waals surface area contributed by atoms with E-state index in [2.05, 4.69) is 0 Å². The molecule has 0 aromatic heterocycles. The molecule has 1 aliphatic heterocycles. The summed E-state index contributed by atoms with van der Waals surface area (Å²) in [5, 5.41) is 8.49. The standard InChI is InChI=1S/C13H14N2O2/c1-15(7-2-6-14)13(16)11-3-4-12-10(9-11)5-8-17-12/h3-4,9H,2,5,7-8H2,1H3. The van der Waals surface area contributed by atoms with Gasteiger partial charge in [0.05, 0.1) is 19.1 Å². The summed E-state index contributed by atoms with van der Waals surface area (Å²) >= 11 is 0. The third kappa shape index (κ3) is 2.39. The van der Waals surface area contributed by atoms with Gasteiger partial charge in [0, 0.05) is 25.6 Å². The van der Waals surface area contributed by atoms with Crippen LogP contribution in [-0.2, 0) is 6.42 Å². The van der Waals surface area contributed by atoms with E-state index in [1.165, 1.54) is 0 Å². The van der Waals surface area contributed by atoms with E-state index in [-0.39, 0.29) is 5.91 Å². The minimum atomic E-state index is -0.0463. The highest BCUT2D eigenvalue weighted by molar-refractivity contribution is 5.94. The predicted octanol–water partition coefficient (Wildman–Crippen LogP) is 1.61. The minimum Gasteiger partial charge on any atom is -0.493 e. The van der Waals surface area contributed by atoms with Crippen LogP contribution in [0.2, 0.25) is 0 Å². The molecule has 0 aliphatic carbocycles. The second-order valence-electron chi connectivity index (χ2n) is 4.06. The lowest BCUT2D eigenvalue weighted by Crippen LogP contribution is -2.27. The monoisotopic (exact) mass is 230 g/mol. The molecule has 0 N–H and O–H groups in total. The average Bonchev–Trinajstić information content (AvgIpc) is 2.81. The van der Waals surface area contributed by atoms with Gasteiger partial charge >= 0.3 is 0 Å². The molecular weight excluding hydrogens is 216 g/mol. The Balaban J connectivity index is 2.12. The lowest BCUT2D eigenvalue weighted by atomic mass is 10.1. The molecule has 1 heterocycles. The highest BCUT2D eigenvalue weighted by atomic mass is 16.5. The Morgan fingerprint density at radius 3 is 3.18 bits per heavy atom. The zero-order chi connectivity index (χ0) is 12.3. The maximum Gasteiger partial charge on any atom is 0.253 e. The fraction of sp³-hybridized carbons (Fsp3) is 0.385. The summed E-state index contributed by atoms with van der Waals surface area (Å²) in [6.45, 7) is 1.15. The van der Waals surface area contributed by atoms with Crippen molar-refractivity contribution in [2.45, 2.75) is 12.8 Å². The highest BCUT2D eigenvalue weighted by Gasteiger charge is 2.16. The molecule has 88 valence electrons. The van der Waals surface area contributed by atoms with E-state index in [9.17, 15) is 4.79 Å². The molecule has 0 radical (unpaired) electrons. The molecule has 0 bridgehead atoms. The van der Waals surface area contributed by atoms with Crippen molar-refractivity contribution in [2.75, 3.05) is 20.2 Å².